The summed E-state index contributed by atoms with van der Waals surface area (Å²) in [4.78, 5) is 0. The second kappa shape index (κ2) is 4.21. The van der Waals surface area contributed by atoms with E-state index in [1.807, 2.05) is 18.2 Å². The van der Waals surface area contributed by atoms with Crippen molar-refractivity contribution in [2.24, 2.45) is 5.16 Å². The van der Waals surface area contributed by atoms with Crippen LogP contribution in [0.5, 0.6) is 11.5 Å². The van der Waals surface area contributed by atoms with Crippen molar-refractivity contribution in [3.05, 3.63) is 23.8 Å². The Balaban J connectivity index is 2.20. The summed E-state index contributed by atoms with van der Waals surface area (Å²) in [5.41, 5.74) is 1.72. The van der Waals surface area contributed by atoms with Crippen molar-refractivity contribution in [3.8, 4) is 11.5 Å². The number of ether oxygens (including phenoxy) is 2. The van der Waals surface area contributed by atoms with Crippen molar-refractivity contribution in [1.82, 2.24) is 0 Å². The fourth-order valence-electron chi connectivity index (χ4n) is 1.53. The molecule has 0 aliphatic carbocycles. The second-order valence-corrected chi connectivity index (χ2v) is 3.49. The molecule has 1 aromatic carbocycles. The summed E-state index contributed by atoms with van der Waals surface area (Å²) in [6.07, 6.45) is 0.618. The Bertz CT molecular complexity index is 387. The molecule has 4 nitrogen and oxygen atoms in total. The highest BCUT2D eigenvalue weighted by Gasteiger charge is 2.11. The van der Waals surface area contributed by atoms with Crippen LogP contribution >= 0.6 is 0 Å². The van der Waals surface area contributed by atoms with Gasteiger partial charge in [-0.1, -0.05) is 11.2 Å². The van der Waals surface area contributed by atoms with E-state index in [1.54, 1.807) is 6.92 Å². The van der Waals surface area contributed by atoms with Gasteiger partial charge in [-0.2, -0.15) is 0 Å². The summed E-state index contributed by atoms with van der Waals surface area (Å²) in [6.45, 7) is 2.96. The van der Waals surface area contributed by atoms with E-state index < -0.39 is 0 Å². The Morgan fingerprint density at radius 2 is 2.07 bits per heavy atom. The van der Waals surface area contributed by atoms with E-state index in [1.165, 1.54) is 0 Å². The molecule has 15 heavy (non-hydrogen) atoms. The van der Waals surface area contributed by atoms with Crippen molar-refractivity contribution in [3.63, 3.8) is 0 Å². The van der Waals surface area contributed by atoms with Crippen LogP contribution in [0.4, 0.5) is 0 Å². The molecule has 0 radical (unpaired) electrons. The van der Waals surface area contributed by atoms with Crippen LogP contribution in [-0.2, 0) is 6.42 Å². The monoisotopic (exact) mass is 207 g/mol. The number of hydrogen-bond acceptors (Lipinski definition) is 4. The maximum Gasteiger partial charge on any atom is 0.161 e. The Hall–Kier alpha value is -1.71. The minimum Gasteiger partial charge on any atom is -0.486 e. The van der Waals surface area contributed by atoms with Gasteiger partial charge in [0, 0.05) is 6.42 Å². The van der Waals surface area contributed by atoms with Gasteiger partial charge < -0.3 is 14.7 Å². The lowest BCUT2D eigenvalue weighted by atomic mass is 10.1. The van der Waals surface area contributed by atoms with E-state index >= 15 is 0 Å². The number of benzene rings is 1. The molecular formula is C11H13NO3. The van der Waals surface area contributed by atoms with Gasteiger partial charge in [0.05, 0.1) is 5.71 Å². The van der Waals surface area contributed by atoms with Crippen LogP contribution < -0.4 is 9.47 Å². The van der Waals surface area contributed by atoms with E-state index in [4.69, 9.17) is 14.7 Å². The van der Waals surface area contributed by atoms with Crippen molar-refractivity contribution in [2.45, 2.75) is 13.3 Å². The van der Waals surface area contributed by atoms with Gasteiger partial charge in [0.25, 0.3) is 0 Å². The first kappa shape index (κ1) is 9.83. The van der Waals surface area contributed by atoms with E-state index in [2.05, 4.69) is 5.16 Å². The van der Waals surface area contributed by atoms with Gasteiger partial charge >= 0.3 is 0 Å². The predicted octanol–water partition coefficient (Wildman–Crippen LogP) is 1.85. The molecule has 0 saturated heterocycles. The number of nitrogens with zero attached hydrogens (tertiary/aromatic N) is 1. The molecule has 0 fully saturated rings. The first-order valence-corrected chi connectivity index (χ1v) is 4.85. The van der Waals surface area contributed by atoms with Gasteiger partial charge in [0.1, 0.15) is 13.2 Å². The molecule has 0 unspecified atom stereocenters. The average molecular weight is 207 g/mol. The number of hydrogen-bond donors (Lipinski definition) is 1. The lowest BCUT2D eigenvalue weighted by molar-refractivity contribution is 0.171. The largest absolute Gasteiger partial charge is 0.486 e. The average Bonchev–Trinajstić information content (AvgIpc) is 2.29. The zero-order valence-corrected chi connectivity index (χ0v) is 8.56. The summed E-state index contributed by atoms with van der Waals surface area (Å²) in [6, 6.07) is 5.75. The smallest absolute Gasteiger partial charge is 0.161 e. The minimum absolute atomic E-state index is 0.587. The summed E-state index contributed by atoms with van der Waals surface area (Å²) >= 11 is 0. The molecule has 0 spiro atoms. The third kappa shape index (κ3) is 2.21. The molecular weight excluding hydrogens is 194 g/mol. The fraction of sp³-hybridized carbons (Fsp3) is 0.364. The van der Waals surface area contributed by atoms with Crippen LogP contribution in [-0.4, -0.2) is 24.1 Å². The van der Waals surface area contributed by atoms with Crippen LogP contribution in [0.25, 0.3) is 0 Å². The molecule has 1 N–H and O–H groups in total. The Morgan fingerprint density at radius 1 is 1.33 bits per heavy atom. The van der Waals surface area contributed by atoms with Gasteiger partial charge in [0.2, 0.25) is 0 Å². The van der Waals surface area contributed by atoms with Crippen molar-refractivity contribution >= 4 is 5.71 Å². The molecule has 1 aliphatic rings. The minimum atomic E-state index is 0.587. The Labute approximate surface area is 88.1 Å². The number of oxime groups is 1. The molecule has 1 heterocycles. The van der Waals surface area contributed by atoms with E-state index in [-0.39, 0.29) is 0 Å². The van der Waals surface area contributed by atoms with Crippen LogP contribution in [0, 0.1) is 0 Å². The lowest BCUT2D eigenvalue weighted by Crippen LogP contribution is -2.15. The van der Waals surface area contributed by atoms with E-state index in [9.17, 15) is 0 Å². The molecule has 4 heteroatoms. The molecule has 2 rings (SSSR count). The third-order valence-electron chi connectivity index (χ3n) is 2.24. The van der Waals surface area contributed by atoms with Gasteiger partial charge in [0.15, 0.2) is 11.5 Å². The highest BCUT2D eigenvalue weighted by molar-refractivity contribution is 5.83. The van der Waals surface area contributed by atoms with Gasteiger partial charge in [-0.25, -0.2) is 0 Å². The summed E-state index contributed by atoms with van der Waals surface area (Å²) in [5.74, 6) is 1.55. The van der Waals surface area contributed by atoms with Crippen molar-refractivity contribution < 1.29 is 14.7 Å². The fourth-order valence-corrected chi connectivity index (χ4v) is 1.53. The molecule has 1 aliphatic heterocycles. The SMILES string of the molecule is C/C(Cc1ccc2c(c1)OCCO2)=N\O. The summed E-state index contributed by atoms with van der Waals surface area (Å²) in [5, 5.41) is 11.7. The van der Waals surface area contributed by atoms with Crippen molar-refractivity contribution in [2.75, 3.05) is 13.2 Å². The zero-order valence-electron chi connectivity index (χ0n) is 8.56. The number of rotatable bonds is 2. The molecule has 0 atom stereocenters. The highest BCUT2D eigenvalue weighted by atomic mass is 16.6. The Morgan fingerprint density at radius 3 is 2.80 bits per heavy atom. The van der Waals surface area contributed by atoms with Gasteiger partial charge in [-0.05, 0) is 24.6 Å². The maximum atomic E-state index is 8.57. The summed E-state index contributed by atoms with van der Waals surface area (Å²) in [7, 11) is 0. The topological polar surface area (TPSA) is 51.0 Å². The Kier molecular flexibility index (Phi) is 2.76. The maximum absolute atomic E-state index is 8.57. The van der Waals surface area contributed by atoms with Crippen LogP contribution in [0.2, 0.25) is 0 Å². The second-order valence-electron chi connectivity index (χ2n) is 3.49. The highest BCUT2D eigenvalue weighted by Crippen LogP contribution is 2.30. The third-order valence-corrected chi connectivity index (χ3v) is 2.24. The lowest BCUT2D eigenvalue weighted by Gasteiger charge is -2.18. The normalized spacial score (nSPS) is 15.1. The molecule has 80 valence electrons. The molecule has 0 bridgehead atoms. The zero-order chi connectivity index (χ0) is 10.7. The van der Waals surface area contributed by atoms with Crippen LogP contribution in [0.1, 0.15) is 12.5 Å². The molecule has 1 aromatic rings. The van der Waals surface area contributed by atoms with Gasteiger partial charge in [-0.15, -0.1) is 0 Å². The van der Waals surface area contributed by atoms with Crippen LogP contribution in [0.15, 0.2) is 23.4 Å². The van der Waals surface area contributed by atoms with Crippen molar-refractivity contribution in [1.29, 1.82) is 0 Å². The van der Waals surface area contributed by atoms with E-state index in [0.29, 0.717) is 25.3 Å². The van der Waals surface area contributed by atoms with Crippen LogP contribution in [0.3, 0.4) is 0 Å². The molecule has 0 aromatic heterocycles. The van der Waals surface area contributed by atoms with Gasteiger partial charge in [-0.3, -0.25) is 0 Å². The first-order valence-electron chi connectivity index (χ1n) is 4.85. The molecule has 0 amide bonds. The molecule has 0 saturated carbocycles. The quantitative estimate of drug-likeness (QED) is 0.457. The van der Waals surface area contributed by atoms with E-state index in [0.717, 1.165) is 17.1 Å². The predicted molar refractivity (Wildman–Crippen MR) is 56.0 cm³/mol. The summed E-state index contributed by atoms with van der Waals surface area (Å²) < 4.78 is 10.9. The standard InChI is InChI=1S/C11H13NO3/c1-8(12-13)6-9-2-3-10-11(7-9)15-5-4-14-10/h2-3,7,13H,4-6H2,1H3/b12-8+. The first-order chi connectivity index (χ1) is 7.29. The number of fused-ring (bicyclic) bond motifs is 1.